The third-order valence-electron chi connectivity index (χ3n) is 5.07. The Kier molecular flexibility index (Phi) is 6.44. The van der Waals surface area contributed by atoms with Gasteiger partial charge in [0.05, 0.1) is 36.1 Å². The number of aryl methyl sites for hydroxylation is 1. The molecular formula is C18H25O8PS3. The molecule has 2 bridgehead atoms. The third-order valence-corrected chi connectivity index (χ3v) is 11.9. The SMILES string of the molecule is Cc1ccc(S(=O)(=O)O[C@H]2[C@@H]3OC[C@@H](O3)[C@@H](SP3(=S)OCC(C)(C)CO3)[C@@H]2O)cc1. The van der Waals surface area contributed by atoms with Crippen molar-refractivity contribution in [2.45, 2.75) is 55.5 Å². The van der Waals surface area contributed by atoms with Gasteiger partial charge in [-0.2, -0.15) is 8.42 Å². The van der Waals surface area contributed by atoms with Crippen LogP contribution in [-0.2, 0) is 44.6 Å². The quantitative estimate of drug-likeness (QED) is 0.484. The molecule has 3 fully saturated rings. The van der Waals surface area contributed by atoms with Crippen LogP contribution < -0.4 is 0 Å². The van der Waals surface area contributed by atoms with E-state index >= 15 is 0 Å². The smallest absolute Gasteiger partial charge is 0.297 e. The van der Waals surface area contributed by atoms with Gasteiger partial charge in [-0.3, -0.25) is 4.18 Å². The Morgan fingerprint density at radius 1 is 1.23 bits per heavy atom. The van der Waals surface area contributed by atoms with E-state index in [4.69, 9.17) is 34.5 Å². The van der Waals surface area contributed by atoms with Crippen molar-refractivity contribution in [3.8, 4) is 0 Å². The van der Waals surface area contributed by atoms with Crippen LogP contribution in [0.15, 0.2) is 29.2 Å². The summed E-state index contributed by atoms with van der Waals surface area (Å²) in [4.78, 5) is -0.00181. The Hall–Kier alpha value is -0.0700. The molecule has 3 aliphatic rings. The molecule has 0 unspecified atom stereocenters. The van der Waals surface area contributed by atoms with Crippen molar-refractivity contribution in [3.05, 3.63) is 29.8 Å². The Morgan fingerprint density at radius 3 is 2.50 bits per heavy atom. The molecule has 0 amide bonds. The summed E-state index contributed by atoms with van der Waals surface area (Å²) in [6, 6.07) is 6.27. The Balaban J connectivity index is 1.51. The lowest BCUT2D eigenvalue weighted by Crippen LogP contribution is -2.54. The molecule has 1 aromatic rings. The zero-order valence-corrected chi connectivity index (χ0v) is 20.1. The van der Waals surface area contributed by atoms with Gasteiger partial charge in [-0.05, 0) is 30.9 Å². The van der Waals surface area contributed by atoms with Crippen molar-refractivity contribution in [3.63, 3.8) is 0 Å². The van der Waals surface area contributed by atoms with Crippen molar-refractivity contribution in [1.29, 1.82) is 0 Å². The molecule has 3 saturated heterocycles. The molecule has 3 aliphatic heterocycles. The van der Waals surface area contributed by atoms with Crippen molar-refractivity contribution >= 4 is 39.0 Å². The number of aliphatic hydroxyl groups is 1. The second-order valence-electron chi connectivity index (χ2n) is 8.42. The van der Waals surface area contributed by atoms with Gasteiger partial charge < -0.3 is 23.6 Å². The van der Waals surface area contributed by atoms with Gasteiger partial charge in [0.2, 0.25) is 5.69 Å². The molecule has 0 spiro atoms. The lowest BCUT2D eigenvalue weighted by Gasteiger charge is -2.41. The monoisotopic (exact) mass is 496 g/mol. The third kappa shape index (κ3) is 4.80. The summed E-state index contributed by atoms with van der Waals surface area (Å²) in [6.07, 6.45) is -3.86. The highest BCUT2D eigenvalue weighted by Crippen LogP contribution is 2.67. The minimum absolute atomic E-state index is 0.00181. The van der Waals surface area contributed by atoms with Crippen LogP contribution in [0.25, 0.3) is 0 Å². The van der Waals surface area contributed by atoms with Gasteiger partial charge in [-0.15, -0.1) is 0 Å². The van der Waals surface area contributed by atoms with Crippen LogP contribution in [0.5, 0.6) is 0 Å². The maximum absolute atomic E-state index is 12.7. The highest BCUT2D eigenvalue weighted by Gasteiger charge is 2.54. The second-order valence-corrected chi connectivity index (χ2v) is 16.4. The number of hydrogen-bond donors (Lipinski definition) is 1. The first-order valence-electron chi connectivity index (χ1n) is 9.51. The molecule has 3 heterocycles. The minimum Gasteiger partial charge on any atom is -0.389 e. The highest BCUT2D eigenvalue weighted by atomic mass is 32.9. The summed E-state index contributed by atoms with van der Waals surface area (Å²) in [5.74, 6) is 0. The zero-order chi connectivity index (χ0) is 21.7. The molecule has 0 aliphatic carbocycles. The average molecular weight is 497 g/mol. The van der Waals surface area contributed by atoms with Gasteiger partial charge in [0.1, 0.15) is 6.10 Å². The van der Waals surface area contributed by atoms with Crippen LogP contribution in [0.4, 0.5) is 0 Å². The van der Waals surface area contributed by atoms with E-state index in [1.807, 2.05) is 20.8 Å². The summed E-state index contributed by atoms with van der Waals surface area (Å²) in [6.45, 7) is 6.99. The fourth-order valence-electron chi connectivity index (χ4n) is 3.29. The topological polar surface area (TPSA) is 101 Å². The van der Waals surface area contributed by atoms with Gasteiger partial charge in [0.25, 0.3) is 10.1 Å². The number of benzene rings is 1. The summed E-state index contributed by atoms with van der Waals surface area (Å²) in [5, 5.41) is 10.4. The van der Waals surface area contributed by atoms with E-state index in [2.05, 4.69) is 0 Å². The van der Waals surface area contributed by atoms with Crippen LogP contribution in [0.3, 0.4) is 0 Å². The van der Waals surface area contributed by atoms with Gasteiger partial charge >= 0.3 is 0 Å². The Labute approximate surface area is 185 Å². The molecule has 0 saturated carbocycles. The molecule has 168 valence electrons. The van der Waals surface area contributed by atoms with E-state index in [1.54, 1.807) is 12.1 Å². The number of ether oxygens (including phenoxy) is 2. The molecule has 1 N–H and O–H groups in total. The maximum Gasteiger partial charge on any atom is 0.297 e. The van der Waals surface area contributed by atoms with Crippen molar-refractivity contribution in [2.75, 3.05) is 19.8 Å². The predicted octanol–water partition coefficient (Wildman–Crippen LogP) is 2.58. The number of hydrogen-bond acceptors (Lipinski definition) is 10. The van der Waals surface area contributed by atoms with Crippen LogP contribution in [-0.4, -0.2) is 63.2 Å². The Bertz CT molecular complexity index is 921. The predicted molar refractivity (Wildman–Crippen MR) is 115 cm³/mol. The largest absolute Gasteiger partial charge is 0.389 e. The fraction of sp³-hybridized carbons (Fsp3) is 0.667. The molecule has 0 aromatic heterocycles. The molecule has 5 atom stereocenters. The van der Waals surface area contributed by atoms with E-state index in [0.29, 0.717) is 13.2 Å². The second kappa shape index (κ2) is 8.37. The first-order chi connectivity index (χ1) is 14.0. The molecule has 12 heteroatoms. The van der Waals surface area contributed by atoms with Gasteiger partial charge in [-0.1, -0.05) is 42.9 Å². The van der Waals surface area contributed by atoms with Crippen molar-refractivity contribution in [2.24, 2.45) is 5.41 Å². The lowest BCUT2D eigenvalue weighted by atomic mass is 9.97. The number of rotatable bonds is 5. The van der Waals surface area contributed by atoms with E-state index in [1.165, 1.54) is 23.5 Å². The van der Waals surface area contributed by atoms with Gasteiger partial charge in [0.15, 0.2) is 12.4 Å². The summed E-state index contributed by atoms with van der Waals surface area (Å²) in [5.41, 5.74) is -1.94. The standard InChI is InChI=1S/C18H25O8PS3/c1-11-4-6-12(7-5-11)30(20,21)26-15-14(19)16(13-8-22-17(15)25-13)29-27(28)23-9-18(2,3)10-24-27/h4-7,13-17,19H,8-10H2,1-3H3/t13-,14-,15-,16-,17-/m1/s1. The molecular weight excluding hydrogens is 471 g/mol. The first kappa shape index (κ1) is 23.1. The average Bonchev–Trinajstić information content (AvgIpc) is 3.12. The molecule has 4 rings (SSSR count). The van der Waals surface area contributed by atoms with Crippen molar-refractivity contribution in [1.82, 2.24) is 0 Å². The van der Waals surface area contributed by atoms with E-state index in [-0.39, 0.29) is 16.9 Å². The molecule has 0 radical (unpaired) electrons. The molecule has 8 nitrogen and oxygen atoms in total. The van der Waals surface area contributed by atoms with Crippen molar-refractivity contribution < 1.29 is 36.2 Å². The van der Waals surface area contributed by atoms with E-state index in [0.717, 1.165) is 5.56 Å². The normalized spacial score (nSPS) is 35.3. The molecule has 1 aromatic carbocycles. The van der Waals surface area contributed by atoms with Gasteiger partial charge in [0, 0.05) is 5.41 Å². The lowest BCUT2D eigenvalue weighted by molar-refractivity contribution is -0.178. The Morgan fingerprint density at radius 2 is 1.87 bits per heavy atom. The molecule has 30 heavy (non-hydrogen) atoms. The summed E-state index contributed by atoms with van der Waals surface area (Å²) in [7, 11) is -4.13. The first-order valence-corrected chi connectivity index (χ1v) is 15.0. The fourth-order valence-corrected chi connectivity index (χ4v) is 10.0. The summed E-state index contributed by atoms with van der Waals surface area (Å²) < 4.78 is 53.9. The number of aliphatic hydroxyl groups excluding tert-OH is 1. The maximum atomic E-state index is 12.7. The van der Waals surface area contributed by atoms with Crippen LogP contribution in [0.1, 0.15) is 19.4 Å². The minimum atomic E-state index is -4.13. The summed E-state index contributed by atoms with van der Waals surface area (Å²) >= 11 is 6.80. The number of fused-ring (bicyclic) bond motifs is 2. The van der Waals surface area contributed by atoms with Crippen LogP contribution in [0, 0.1) is 12.3 Å². The van der Waals surface area contributed by atoms with Crippen LogP contribution >= 0.6 is 17.1 Å². The highest BCUT2D eigenvalue weighted by molar-refractivity contribution is 8.68. The zero-order valence-electron chi connectivity index (χ0n) is 16.8. The van der Waals surface area contributed by atoms with E-state index in [9.17, 15) is 13.5 Å². The van der Waals surface area contributed by atoms with Gasteiger partial charge in [-0.25, -0.2) is 0 Å². The van der Waals surface area contributed by atoms with E-state index < -0.39 is 45.7 Å². The van der Waals surface area contributed by atoms with Crippen LogP contribution in [0.2, 0.25) is 0 Å².